The number of nitrogens with zero attached hydrogens (tertiary/aromatic N) is 2. The monoisotopic (exact) mass is 378 g/mol. The van der Waals surface area contributed by atoms with E-state index in [1.165, 1.54) is 6.20 Å². The summed E-state index contributed by atoms with van der Waals surface area (Å²) in [5.74, 6) is 1.59. The minimum absolute atomic E-state index is 0.105. The minimum Gasteiger partial charge on any atom is -0.341 e. The minimum atomic E-state index is -0.388. The molecule has 3 rings (SSSR count). The Bertz CT molecular complexity index is 1040. The van der Waals surface area contributed by atoms with Gasteiger partial charge >= 0.3 is 0 Å². The molecule has 27 heavy (non-hydrogen) atoms. The first-order chi connectivity index (χ1) is 13.1. The van der Waals surface area contributed by atoms with Crippen LogP contribution in [0.3, 0.4) is 0 Å². The lowest BCUT2D eigenvalue weighted by atomic mass is 10.1. The first-order valence-electron chi connectivity index (χ1n) is 8.01. The van der Waals surface area contributed by atoms with Crippen molar-refractivity contribution in [3.05, 3.63) is 77.1 Å². The van der Waals surface area contributed by atoms with Crippen molar-refractivity contribution >= 4 is 29.1 Å². The van der Waals surface area contributed by atoms with Gasteiger partial charge in [0.15, 0.2) is 0 Å². The highest BCUT2D eigenvalue weighted by atomic mass is 35.5. The first kappa shape index (κ1) is 18.2. The molecule has 0 fully saturated rings. The third-order valence-electron chi connectivity index (χ3n) is 3.69. The molecule has 6 nitrogen and oxygen atoms in total. The molecule has 0 saturated carbocycles. The van der Waals surface area contributed by atoms with Gasteiger partial charge in [0.1, 0.15) is 0 Å². The number of para-hydroxylation sites is 1. The zero-order chi connectivity index (χ0) is 19.2. The summed E-state index contributed by atoms with van der Waals surface area (Å²) in [5.41, 5.74) is 1.78. The van der Waals surface area contributed by atoms with Crippen LogP contribution in [0.25, 0.3) is 5.69 Å². The van der Waals surface area contributed by atoms with Crippen LogP contribution in [0, 0.1) is 12.3 Å². The van der Waals surface area contributed by atoms with Crippen molar-refractivity contribution < 1.29 is 9.59 Å². The highest BCUT2D eigenvalue weighted by Gasteiger charge is 2.15. The Morgan fingerprint density at radius 2 is 1.96 bits per heavy atom. The van der Waals surface area contributed by atoms with Gasteiger partial charge in [0.2, 0.25) is 0 Å². The first-order valence-corrected chi connectivity index (χ1v) is 8.39. The van der Waals surface area contributed by atoms with Gasteiger partial charge in [0.25, 0.3) is 11.8 Å². The maximum Gasteiger partial charge on any atom is 0.258 e. The second-order valence-electron chi connectivity index (χ2n) is 5.54. The van der Waals surface area contributed by atoms with Crippen LogP contribution < -0.4 is 10.6 Å². The average molecular weight is 379 g/mol. The summed E-state index contributed by atoms with van der Waals surface area (Å²) in [6, 6.07) is 13.8. The number of carbonyl (C=O) groups is 2. The Kier molecular flexibility index (Phi) is 5.55. The van der Waals surface area contributed by atoms with E-state index in [0.29, 0.717) is 21.8 Å². The topological polar surface area (TPSA) is 76.0 Å². The number of nitrogens with one attached hydrogen (secondary N) is 2. The molecule has 0 spiro atoms. The highest BCUT2D eigenvalue weighted by Crippen LogP contribution is 2.18. The Morgan fingerprint density at radius 1 is 1.15 bits per heavy atom. The van der Waals surface area contributed by atoms with Gasteiger partial charge in [-0.3, -0.25) is 9.59 Å². The third kappa shape index (κ3) is 4.35. The van der Waals surface area contributed by atoms with E-state index in [1.807, 2.05) is 6.07 Å². The fraction of sp³-hybridized carbons (Fsp3) is 0.0500. The van der Waals surface area contributed by atoms with Gasteiger partial charge in [0, 0.05) is 11.2 Å². The van der Waals surface area contributed by atoms with Crippen LogP contribution >= 0.6 is 11.6 Å². The Labute approximate surface area is 161 Å². The number of benzene rings is 2. The lowest BCUT2D eigenvalue weighted by molar-refractivity contribution is 0.0959. The molecule has 0 aliphatic heterocycles. The van der Waals surface area contributed by atoms with Gasteiger partial charge < -0.3 is 10.6 Å². The smallest absolute Gasteiger partial charge is 0.258 e. The summed E-state index contributed by atoms with van der Waals surface area (Å²) in [5, 5.41) is 10.1. The second kappa shape index (κ2) is 8.21. The molecule has 2 amide bonds. The molecule has 0 bridgehead atoms. The van der Waals surface area contributed by atoms with E-state index < -0.39 is 0 Å². The summed E-state index contributed by atoms with van der Waals surface area (Å²) in [6.07, 6.45) is 8.18. The average Bonchev–Trinajstić information content (AvgIpc) is 3.17. The van der Waals surface area contributed by atoms with Crippen LogP contribution in [0.2, 0.25) is 5.02 Å². The number of aromatic nitrogens is 2. The maximum atomic E-state index is 12.6. The SMILES string of the molecule is C#CCNC(=O)c1ccccc1NC(=O)c1cnn(-c2cccc(Cl)c2)c1. The van der Waals surface area contributed by atoms with Crippen LogP contribution in [0.15, 0.2) is 60.9 Å². The molecular weight excluding hydrogens is 364 g/mol. The summed E-state index contributed by atoms with van der Waals surface area (Å²) >= 11 is 5.98. The lowest BCUT2D eigenvalue weighted by Crippen LogP contribution is -2.25. The van der Waals surface area contributed by atoms with Crippen LogP contribution in [0.1, 0.15) is 20.7 Å². The van der Waals surface area contributed by atoms with Crippen molar-refractivity contribution in [2.75, 3.05) is 11.9 Å². The van der Waals surface area contributed by atoms with E-state index in [0.717, 1.165) is 5.69 Å². The fourth-order valence-corrected chi connectivity index (χ4v) is 2.60. The van der Waals surface area contributed by atoms with Gasteiger partial charge in [-0.1, -0.05) is 35.7 Å². The van der Waals surface area contributed by atoms with Crippen LogP contribution in [-0.4, -0.2) is 28.1 Å². The number of rotatable bonds is 5. The number of anilines is 1. The van der Waals surface area contributed by atoms with E-state index in [2.05, 4.69) is 21.7 Å². The molecule has 0 atom stereocenters. The van der Waals surface area contributed by atoms with Gasteiger partial charge in [0.05, 0.1) is 35.2 Å². The lowest BCUT2D eigenvalue weighted by Gasteiger charge is -2.09. The number of amides is 2. The molecule has 7 heteroatoms. The number of terminal acetylenes is 1. The highest BCUT2D eigenvalue weighted by molar-refractivity contribution is 6.30. The van der Waals surface area contributed by atoms with Crippen LogP contribution in [0.4, 0.5) is 5.69 Å². The van der Waals surface area contributed by atoms with Gasteiger partial charge in [-0.25, -0.2) is 4.68 Å². The number of carbonyl (C=O) groups excluding carboxylic acids is 2. The van der Waals surface area contributed by atoms with Crippen molar-refractivity contribution in [1.29, 1.82) is 0 Å². The van der Waals surface area contributed by atoms with Gasteiger partial charge in [-0.05, 0) is 30.3 Å². The Morgan fingerprint density at radius 3 is 2.74 bits per heavy atom. The summed E-state index contributed by atoms with van der Waals surface area (Å²) in [7, 11) is 0. The van der Waals surface area contributed by atoms with Crippen LogP contribution in [-0.2, 0) is 0 Å². The standard InChI is InChI=1S/C20H15ClN4O2/c1-2-10-22-20(27)17-8-3-4-9-18(17)24-19(26)14-12-23-25(13-14)16-7-5-6-15(21)11-16/h1,3-9,11-13H,10H2,(H,22,27)(H,24,26). The van der Waals surface area contributed by atoms with Crippen molar-refractivity contribution in [3.63, 3.8) is 0 Å². The molecule has 0 radical (unpaired) electrons. The number of hydrogen-bond acceptors (Lipinski definition) is 3. The fourth-order valence-electron chi connectivity index (χ4n) is 2.41. The normalized spacial score (nSPS) is 10.1. The maximum absolute atomic E-state index is 12.6. The quantitative estimate of drug-likeness (QED) is 0.670. The number of halogens is 1. The zero-order valence-corrected chi connectivity index (χ0v) is 14.9. The molecule has 0 aliphatic rings. The molecule has 2 N–H and O–H groups in total. The molecule has 0 unspecified atom stereocenters. The van der Waals surface area contributed by atoms with Crippen molar-refractivity contribution in [1.82, 2.24) is 15.1 Å². The van der Waals surface area contributed by atoms with E-state index in [9.17, 15) is 9.59 Å². The van der Waals surface area contributed by atoms with Gasteiger partial charge in [-0.15, -0.1) is 6.42 Å². The molecule has 3 aromatic rings. The van der Waals surface area contributed by atoms with Crippen molar-refractivity contribution in [2.45, 2.75) is 0 Å². The zero-order valence-electron chi connectivity index (χ0n) is 14.1. The number of hydrogen-bond donors (Lipinski definition) is 2. The van der Waals surface area contributed by atoms with Crippen molar-refractivity contribution in [3.8, 4) is 18.0 Å². The summed E-state index contributed by atoms with van der Waals surface area (Å²) in [6.45, 7) is 0.105. The Hall–Kier alpha value is -3.56. The van der Waals surface area contributed by atoms with E-state index in [-0.39, 0.29) is 18.4 Å². The molecule has 1 heterocycles. The predicted molar refractivity (Wildman–Crippen MR) is 104 cm³/mol. The van der Waals surface area contributed by atoms with E-state index in [1.54, 1.807) is 53.3 Å². The second-order valence-corrected chi connectivity index (χ2v) is 5.98. The summed E-state index contributed by atoms with van der Waals surface area (Å²) < 4.78 is 1.55. The van der Waals surface area contributed by atoms with Crippen molar-refractivity contribution in [2.24, 2.45) is 0 Å². The molecular formula is C20H15ClN4O2. The predicted octanol–water partition coefficient (Wildman–Crippen LogP) is 3.14. The van der Waals surface area contributed by atoms with E-state index in [4.69, 9.17) is 18.0 Å². The Balaban J connectivity index is 1.79. The van der Waals surface area contributed by atoms with Gasteiger partial charge in [-0.2, -0.15) is 5.10 Å². The molecule has 0 saturated heterocycles. The largest absolute Gasteiger partial charge is 0.341 e. The molecule has 0 aliphatic carbocycles. The summed E-state index contributed by atoms with van der Waals surface area (Å²) in [4.78, 5) is 24.7. The van der Waals surface area contributed by atoms with E-state index >= 15 is 0 Å². The van der Waals surface area contributed by atoms with Crippen LogP contribution in [0.5, 0.6) is 0 Å². The third-order valence-corrected chi connectivity index (χ3v) is 3.92. The molecule has 2 aromatic carbocycles. The molecule has 1 aromatic heterocycles. The molecule has 134 valence electrons.